The molecule has 0 aliphatic heterocycles. The van der Waals surface area contributed by atoms with E-state index in [4.69, 9.17) is 0 Å². The first-order valence-electron chi connectivity index (χ1n) is 4.19. The number of allylic oxidation sites excluding steroid dienone is 5. The summed E-state index contributed by atoms with van der Waals surface area (Å²) in [7, 11) is 0. The van der Waals surface area contributed by atoms with Crippen LogP contribution in [-0.4, -0.2) is 5.94 Å². The molecule has 0 bridgehead atoms. The van der Waals surface area contributed by atoms with E-state index < -0.39 is 0 Å². The van der Waals surface area contributed by atoms with E-state index in [1.807, 2.05) is 5.94 Å². The van der Waals surface area contributed by atoms with Crippen LogP contribution in [-0.2, 0) is 4.79 Å². The van der Waals surface area contributed by atoms with Crippen LogP contribution in [0, 0.1) is 5.92 Å². The Morgan fingerprint density at radius 2 is 1.83 bits per heavy atom. The molecule has 1 rings (SSSR count). The minimum atomic E-state index is 0.395. The van der Waals surface area contributed by atoms with E-state index in [1.54, 1.807) is 6.08 Å². The van der Waals surface area contributed by atoms with Crippen LogP contribution in [0.5, 0.6) is 0 Å². The van der Waals surface area contributed by atoms with E-state index in [2.05, 4.69) is 27.7 Å². The lowest BCUT2D eigenvalue weighted by Crippen LogP contribution is -1.94. The van der Waals surface area contributed by atoms with Crippen molar-refractivity contribution in [3.63, 3.8) is 0 Å². The molecule has 0 aromatic heterocycles. The first-order valence-corrected chi connectivity index (χ1v) is 4.19. The summed E-state index contributed by atoms with van der Waals surface area (Å²) < 4.78 is 0. The maximum atomic E-state index is 10.2. The normalized spacial score (nSPS) is 23.2. The zero-order chi connectivity index (χ0) is 9.30. The molecule has 0 aromatic rings. The fourth-order valence-corrected chi connectivity index (χ4v) is 1.69. The highest BCUT2D eigenvalue weighted by Crippen LogP contribution is 2.36. The Balaban J connectivity index is 3.17. The van der Waals surface area contributed by atoms with Gasteiger partial charge in [-0.25, -0.2) is 4.79 Å². The molecule has 0 spiro atoms. The van der Waals surface area contributed by atoms with E-state index in [0.717, 1.165) is 5.57 Å². The SMILES string of the molecule is CC1=C(C)C(C)C(C=C=O)=C1C. The topological polar surface area (TPSA) is 17.1 Å². The lowest BCUT2D eigenvalue weighted by Gasteiger charge is -2.05. The van der Waals surface area contributed by atoms with Gasteiger partial charge in [0.1, 0.15) is 5.94 Å². The standard InChI is InChI=1S/C11H14O/c1-7-8(2)10(4)11(5-6-12)9(7)3/h5,9H,1-4H3. The van der Waals surface area contributed by atoms with Crippen molar-refractivity contribution in [1.29, 1.82) is 0 Å². The van der Waals surface area contributed by atoms with Gasteiger partial charge in [0.2, 0.25) is 0 Å². The Bertz CT molecular complexity index is 312. The molecule has 1 unspecified atom stereocenters. The van der Waals surface area contributed by atoms with Crippen LogP contribution in [0.3, 0.4) is 0 Å². The van der Waals surface area contributed by atoms with E-state index in [0.29, 0.717) is 5.92 Å². The van der Waals surface area contributed by atoms with Crippen molar-refractivity contribution in [1.82, 2.24) is 0 Å². The molecule has 12 heavy (non-hydrogen) atoms. The van der Waals surface area contributed by atoms with Crippen LogP contribution in [0.25, 0.3) is 0 Å². The van der Waals surface area contributed by atoms with Gasteiger partial charge in [-0.05, 0) is 37.5 Å². The van der Waals surface area contributed by atoms with Gasteiger partial charge in [-0.15, -0.1) is 0 Å². The Hall–Kier alpha value is -1.07. The van der Waals surface area contributed by atoms with Crippen LogP contribution in [0.4, 0.5) is 0 Å². The van der Waals surface area contributed by atoms with Crippen molar-refractivity contribution in [3.05, 3.63) is 28.4 Å². The van der Waals surface area contributed by atoms with E-state index in [1.165, 1.54) is 16.7 Å². The Kier molecular flexibility index (Phi) is 2.35. The number of rotatable bonds is 1. The molecule has 0 N–H and O–H groups in total. The molecule has 0 amide bonds. The van der Waals surface area contributed by atoms with Gasteiger partial charge in [0.05, 0.1) is 0 Å². The third kappa shape index (κ3) is 1.17. The Labute approximate surface area is 73.5 Å². The maximum absolute atomic E-state index is 10.2. The van der Waals surface area contributed by atoms with Gasteiger partial charge in [-0.3, -0.25) is 0 Å². The summed E-state index contributed by atoms with van der Waals surface area (Å²) in [6.07, 6.45) is 1.56. The first kappa shape index (κ1) is 9.02. The van der Waals surface area contributed by atoms with Crippen molar-refractivity contribution in [2.24, 2.45) is 5.92 Å². The average molecular weight is 162 g/mol. The fourth-order valence-electron chi connectivity index (χ4n) is 1.69. The summed E-state index contributed by atoms with van der Waals surface area (Å²) in [6, 6.07) is 0. The van der Waals surface area contributed by atoms with Gasteiger partial charge in [-0.2, -0.15) is 0 Å². The molecule has 0 aromatic carbocycles. The molecule has 1 aliphatic rings. The molecular weight excluding hydrogens is 148 g/mol. The van der Waals surface area contributed by atoms with Crippen LogP contribution >= 0.6 is 0 Å². The summed E-state index contributed by atoms with van der Waals surface area (Å²) in [5, 5.41) is 0. The third-order valence-corrected chi connectivity index (χ3v) is 2.92. The molecule has 1 nitrogen and oxygen atoms in total. The molecule has 1 atom stereocenters. The van der Waals surface area contributed by atoms with Crippen LogP contribution in [0.15, 0.2) is 28.4 Å². The van der Waals surface area contributed by atoms with Crippen LogP contribution < -0.4 is 0 Å². The lowest BCUT2D eigenvalue weighted by atomic mass is 9.98. The number of hydrogen-bond acceptors (Lipinski definition) is 1. The molecule has 0 saturated carbocycles. The molecular formula is C11H14O. The van der Waals surface area contributed by atoms with Gasteiger partial charge >= 0.3 is 0 Å². The van der Waals surface area contributed by atoms with Crippen molar-refractivity contribution in [3.8, 4) is 0 Å². The monoisotopic (exact) mass is 162 g/mol. The summed E-state index contributed by atoms with van der Waals surface area (Å²) >= 11 is 0. The summed E-state index contributed by atoms with van der Waals surface area (Å²) in [4.78, 5) is 10.2. The second-order valence-corrected chi connectivity index (χ2v) is 3.37. The minimum absolute atomic E-state index is 0.395. The van der Waals surface area contributed by atoms with Gasteiger partial charge < -0.3 is 0 Å². The Morgan fingerprint density at radius 3 is 2.17 bits per heavy atom. The molecule has 0 radical (unpaired) electrons. The van der Waals surface area contributed by atoms with E-state index >= 15 is 0 Å². The van der Waals surface area contributed by atoms with Gasteiger partial charge in [-0.1, -0.05) is 12.5 Å². The van der Waals surface area contributed by atoms with Gasteiger partial charge in [0.15, 0.2) is 0 Å². The van der Waals surface area contributed by atoms with E-state index in [-0.39, 0.29) is 0 Å². The van der Waals surface area contributed by atoms with Crippen molar-refractivity contribution < 1.29 is 4.79 Å². The molecule has 0 saturated heterocycles. The highest BCUT2D eigenvalue weighted by atomic mass is 16.1. The number of carbonyl (C=O) groups excluding carboxylic acids is 1. The molecule has 64 valence electrons. The largest absolute Gasteiger partial charge is 0.233 e. The first-order chi connectivity index (χ1) is 5.59. The third-order valence-electron chi connectivity index (χ3n) is 2.92. The fraction of sp³-hybridized carbons (Fsp3) is 0.455. The predicted molar refractivity (Wildman–Crippen MR) is 50.5 cm³/mol. The van der Waals surface area contributed by atoms with Crippen molar-refractivity contribution in [2.45, 2.75) is 27.7 Å². The predicted octanol–water partition coefficient (Wildman–Crippen LogP) is 2.68. The molecule has 1 aliphatic carbocycles. The summed E-state index contributed by atoms with van der Waals surface area (Å²) in [5.41, 5.74) is 5.06. The zero-order valence-corrected chi connectivity index (χ0v) is 8.06. The second kappa shape index (κ2) is 3.12. The quantitative estimate of drug-likeness (QED) is 0.542. The van der Waals surface area contributed by atoms with E-state index in [9.17, 15) is 4.79 Å². The number of hydrogen-bond donors (Lipinski definition) is 0. The van der Waals surface area contributed by atoms with Crippen LogP contribution in [0.2, 0.25) is 0 Å². The van der Waals surface area contributed by atoms with Gasteiger partial charge in [0, 0.05) is 12.0 Å². The molecule has 0 heterocycles. The Morgan fingerprint density at radius 1 is 1.25 bits per heavy atom. The summed E-state index contributed by atoms with van der Waals surface area (Å²) in [6.45, 7) is 8.41. The van der Waals surface area contributed by atoms with Crippen molar-refractivity contribution in [2.75, 3.05) is 0 Å². The summed E-state index contributed by atoms with van der Waals surface area (Å²) in [5.74, 6) is 2.25. The maximum Gasteiger partial charge on any atom is 0.124 e. The smallest absolute Gasteiger partial charge is 0.124 e. The minimum Gasteiger partial charge on any atom is -0.233 e. The van der Waals surface area contributed by atoms with Crippen molar-refractivity contribution >= 4 is 5.94 Å². The van der Waals surface area contributed by atoms with Crippen LogP contribution in [0.1, 0.15) is 27.7 Å². The lowest BCUT2D eigenvalue weighted by molar-refractivity contribution is 0.568. The second-order valence-electron chi connectivity index (χ2n) is 3.37. The average Bonchev–Trinajstić information content (AvgIpc) is 2.23. The zero-order valence-electron chi connectivity index (χ0n) is 8.06. The molecule has 1 heteroatoms. The highest BCUT2D eigenvalue weighted by molar-refractivity contribution is 5.60. The molecule has 0 fully saturated rings. The highest BCUT2D eigenvalue weighted by Gasteiger charge is 2.21. The van der Waals surface area contributed by atoms with Gasteiger partial charge in [0.25, 0.3) is 0 Å².